The second-order valence-electron chi connectivity index (χ2n) is 4.53. The zero-order valence-electron chi connectivity index (χ0n) is 10.5. The molecule has 1 aliphatic rings. The van der Waals surface area contributed by atoms with Crippen molar-refractivity contribution in [3.63, 3.8) is 0 Å². The van der Waals surface area contributed by atoms with Crippen LogP contribution in [-0.2, 0) is 11.3 Å². The zero-order valence-corrected chi connectivity index (χ0v) is 10.5. The number of nitrogens with zero attached hydrogens (tertiary/aromatic N) is 3. The van der Waals surface area contributed by atoms with Gasteiger partial charge in [0, 0.05) is 37.6 Å². The van der Waals surface area contributed by atoms with Crippen molar-refractivity contribution in [2.45, 2.75) is 32.4 Å². The number of carboxylic acids is 1. The van der Waals surface area contributed by atoms with Crippen LogP contribution in [0.5, 0.6) is 0 Å². The molecule has 0 aromatic carbocycles. The van der Waals surface area contributed by atoms with Crippen molar-refractivity contribution in [2.24, 2.45) is 0 Å². The molecule has 1 aromatic rings. The smallest absolute Gasteiger partial charge is 0.320 e. The highest BCUT2D eigenvalue weighted by Gasteiger charge is 2.14. The SMILES string of the molecule is C[C@H](NCc1cnc(N2CCCC2)nc1)C(=O)O. The highest BCUT2D eigenvalue weighted by atomic mass is 16.4. The first-order chi connectivity index (χ1) is 8.66. The second kappa shape index (κ2) is 5.77. The van der Waals surface area contributed by atoms with Crippen LogP contribution in [0, 0.1) is 0 Å². The summed E-state index contributed by atoms with van der Waals surface area (Å²) in [6, 6.07) is -0.566. The van der Waals surface area contributed by atoms with E-state index in [9.17, 15) is 4.79 Å². The molecule has 0 unspecified atom stereocenters. The zero-order chi connectivity index (χ0) is 13.0. The molecular weight excluding hydrogens is 232 g/mol. The molecule has 1 aromatic heterocycles. The first-order valence-corrected chi connectivity index (χ1v) is 6.19. The number of carboxylic acid groups (broad SMARTS) is 1. The van der Waals surface area contributed by atoms with E-state index in [1.54, 1.807) is 19.3 Å². The number of hydrogen-bond acceptors (Lipinski definition) is 5. The van der Waals surface area contributed by atoms with Crippen LogP contribution >= 0.6 is 0 Å². The van der Waals surface area contributed by atoms with Gasteiger partial charge in [0.15, 0.2) is 0 Å². The molecule has 2 heterocycles. The molecule has 0 amide bonds. The van der Waals surface area contributed by atoms with Crippen molar-refractivity contribution < 1.29 is 9.90 Å². The molecule has 0 saturated carbocycles. The van der Waals surface area contributed by atoms with Gasteiger partial charge in [-0.05, 0) is 19.8 Å². The molecule has 0 spiro atoms. The molecule has 1 atom stereocenters. The largest absolute Gasteiger partial charge is 0.480 e. The summed E-state index contributed by atoms with van der Waals surface area (Å²) in [4.78, 5) is 21.4. The number of rotatable bonds is 5. The van der Waals surface area contributed by atoms with Gasteiger partial charge in [0.25, 0.3) is 0 Å². The summed E-state index contributed by atoms with van der Waals surface area (Å²) in [6.45, 7) is 4.12. The summed E-state index contributed by atoms with van der Waals surface area (Å²) < 4.78 is 0. The number of carbonyl (C=O) groups is 1. The quantitative estimate of drug-likeness (QED) is 0.798. The van der Waals surface area contributed by atoms with Crippen molar-refractivity contribution >= 4 is 11.9 Å². The number of aromatic nitrogens is 2. The van der Waals surface area contributed by atoms with E-state index in [2.05, 4.69) is 20.2 Å². The maximum absolute atomic E-state index is 10.6. The Morgan fingerprint density at radius 3 is 2.61 bits per heavy atom. The summed E-state index contributed by atoms with van der Waals surface area (Å²) in [5.74, 6) is -0.0906. The summed E-state index contributed by atoms with van der Waals surface area (Å²) in [7, 11) is 0. The molecule has 1 aliphatic heterocycles. The van der Waals surface area contributed by atoms with E-state index < -0.39 is 12.0 Å². The minimum atomic E-state index is -0.857. The average molecular weight is 250 g/mol. The predicted molar refractivity (Wildman–Crippen MR) is 67.4 cm³/mol. The third-order valence-corrected chi connectivity index (χ3v) is 3.06. The lowest BCUT2D eigenvalue weighted by Gasteiger charge is -2.15. The number of anilines is 1. The van der Waals surface area contributed by atoms with Crippen LogP contribution in [0.2, 0.25) is 0 Å². The monoisotopic (exact) mass is 250 g/mol. The molecule has 6 nitrogen and oxygen atoms in total. The van der Waals surface area contributed by atoms with Gasteiger partial charge in [0.05, 0.1) is 0 Å². The third kappa shape index (κ3) is 3.16. The molecule has 6 heteroatoms. The van der Waals surface area contributed by atoms with E-state index in [1.165, 1.54) is 12.8 Å². The van der Waals surface area contributed by atoms with Gasteiger partial charge in [0.2, 0.25) is 5.95 Å². The van der Waals surface area contributed by atoms with Gasteiger partial charge in [-0.1, -0.05) is 0 Å². The van der Waals surface area contributed by atoms with Gasteiger partial charge < -0.3 is 15.3 Å². The molecule has 1 saturated heterocycles. The maximum Gasteiger partial charge on any atom is 0.320 e. The van der Waals surface area contributed by atoms with Crippen molar-refractivity contribution in [1.82, 2.24) is 15.3 Å². The van der Waals surface area contributed by atoms with Crippen molar-refractivity contribution in [2.75, 3.05) is 18.0 Å². The van der Waals surface area contributed by atoms with Gasteiger partial charge in [-0.15, -0.1) is 0 Å². The Morgan fingerprint density at radius 2 is 2.06 bits per heavy atom. The lowest BCUT2D eigenvalue weighted by molar-refractivity contribution is -0.139. The standard InChI is InChI=1S/C12H18N4O2/c1-9(11(17)18)13-6-10-7-14-12(15-8-10)16-4-2-3-5-16/h7-9,13H,2-6H2,1H3,(H,17,18)/t9-/m0/s1. The number of aliphatic carboxylic acids is 1. The fourth-order valence-electron chi connectivity index (χ4n) is 1.88. The fourth-order valence-corrected chi connectivity index (χ4v) is 1.88. The molecule has 2 rings (SSSR count). The van der Waals surface area contributed by atoms with E-state index in [0.29, 0.717) is 6.54 Å². The highest BCUT2D eigenvalue weighted by Crippen LogP contribution is 2.14. The summed E-state index contributed by atoms with van der Waals surface area (Å²) in [5.41, 5.74) is 0.894. The molecule has 0 bridgehead atoms. The molecule has 2 N–H and O–H groups in total. The molecule has 0 radical (unpaired) electrons. The Balaban J connectivity index is 1.89. The molecule has 0 aliphatic carbocycles. The third-order valence-electron chi connectivity index (χ3n) is 3.06. The average Bonchev–Trinajstić information content (AvgIpc) is 2.90. The normalized spacial score (nSPS) is 16.8. The summed E-state index contributed by atoms with van der Waals surface area (Å²) in [5, 5.41) is 11.6. The van der Waals surface area contributed by atoms with E-state index in [1.807, 2.05) is 0 Å². The van der Waals surface area contributed by atoms with Crippen molar-refractivity contribution in [3.05, 3.63) is 18.0 Å². The lowest BCUT2D eigenvalue weighted by Crippen LogP contribution is -2.33. The Labute approximate surface area is 106 Å². The van der Waals surface area contributed by atoms with Crippen LogP contribution in [0.15, 0.2) is 12.4 Å². The van der Waals surface area contributed by atoms with Gasteiger partial charge in [0.1, 0.15) is 6.04 Å². The van der Waals surface area contributed by atoms with E-state index in [4.69, 9.17) is 5.11 Å². The van der Waals surface area contributed by atoms with Gasteiger partial charge >= 0.3 is 5.97 Å². The minimum Gasteiger partial charge on any atom is -0.480 e. The second-order valence-corrected chi connectivity index (χ2v) is 4.53. The van der Waals surface area contributed by atoms with Gasteiger partial charge in [-0.2, -0.15) is 0 Å². The number of nitrogens with one attached hydrogen (secondary N) is 1. The maximum atomic E-state index is 10.6. The molecular formula is C12H18N4O2. The van der Waals surface area contributed by atoms with E-state index >= 15 is 0 Å². The Morgan fingerprint density at radius 1 is 1.44 bits per heavy atom. The molecule has 18 heavy (non-hydrogen) atoms. The summed E-state index contributed by atoms with van der Waals surface area (Å²) >= 11 is 0. The van der Waals surface area contributed by atoms with Crippen molar-refractivity contribution in [1.29, 1.82) is 0 Å². The van der Waals surface area contributed by atoms with Crippen LogP contribution in [0.3, 0.4) is 0 Å². The first kappa shape index (κ1) is 12.8. The van der Waals surface area contributed by atoms with Gasteiger partial charge in [-0.25, -0.2) is 9.97 Å². The Kier molecular flexibility index (Phi) is 4.09. The molecule has 1 fully saturated rings. The Hall–Kier alpha value is -1.69. The van der Waals surface area contributed by atoms with Crippen LogP contribution in [0.1, 0.15) is 25.3 Å². The van der Waals surface area contributed by atoms with Crippen molar-refractivity contribution in [3.8, 4) is 0 Å². The number of hydrogen-bond donors (Lipinski definition) is 2. The van der Waals surface area contributed by atoms with Crippen LogP contribution in [0.4, 0.5) is 5.95 Å². The Bertz CT molecular complexity index is 401. The predicted octanol–water partition coefficient (Wildman–Crippen LogP) is 0.639. The van der Waals surface area contributed by atoms with Crippen LogP contribution in [0.25, 0.3) is 0 Å². The van der Waals surface area contributed by atoms with E-state index in [0.717, 1.165) is 24.6 Å². The van der Waals surface area contributed by atoms with E-state index in [-0.39, 0.29) is 0 Å². The van der Waals surface area contributed by atoms with Crippen LogP contribution in [-0.4, -0.2) is 40.2 Å². The molecule has 98 valence electrons. The fraction of sp³-hybridized carbons (Fsp3) is 0.583. The summed E-state index contributed by atoms with van der Waals surface area (Å²) in [6.07, 6.45) is 5.90. The van der Waals surface area contributed by atoms with Crippen LogP contribution < -0.4 is 10.2 Å². The first-order valence-electron chi connectivity index (χ1n) is 6.19. The minimum absolute atomic E-state index is 0.466. The lowest BCUT2D eigenvalue weighted by atomic mass is 10.3. The topological polar surface area (TPSA) is 78.4 Å². The highest BCUT2D eigenvalue weighted by molar-refractivity contribution is 5.72. The van der Waals surface area contributed by atoms with Gasteiger partial charge in [-0.3, -0.25) is 4.79 Å².